The van der Waals surface area contributed by atoms with Crippen LogP contribution in [-0.4, -0.2) is 31.5 Å². The van der Waals surface area contributed by atoms with Gasteiger partial charge in [-0.25, -0.2) is 13.2 Å². The van der Waals surface area contributed by atoms with Crippen molar-refractivity contribution in [2.45, 2.75) is 24.7 Å². The van der Waals surface area contributed by atoms with Crippen LogP contribution in [0.15, 0.2) is 77.7 Å². The van der Waals surface area contributed by atoms with Crippen LogP contribution in [0.3, 0.4) is 0 Å². The van der Waals surface area contributed by atoms with Crippen molar-refractivity contribution >= 4 is 44.4 Å². The van der Waals surface area contributed by atoms with Crippen LogP contribution >= 0.6 is 0 Å². The molecule has 186 valence electrons. The van der Waals surface area contributed by atoms with Gasteiger partial charge in [0, 0.05) is 17.5 Å². The van der Waals surface area contributed by atoms with Gasteiger partial charge in [0.15, 0.2) is 5.78 Å². The predicted molar refractivity (Wildman–Crippen MR) is 140 cm³/mol. The highest BCUT2D eigenvalue weighted by molar-refractivity contribution is 7.92. The van der Waals surface area contributed by atoms with Gasteiger partial charge in [-0.05, 0) is 61.4 Å². The standard InChI is InChI=1S/C28H23N3O5S/c1-2-36-31-25-14-13-22(30-37(34,35)23-6-4-3-5-7-23)18-24(25)28(26(31)16-17-32)27(33)15-12-20-8-10-21(19-29)11-9-20/h3-11,13-14,16,18,30H,2,12,15H2,1H3. The number of rotatable bonds is 10. The summed E-state index contributed by atoms with van der Waals surface area (Å²) in [6.07, 6.45) is 1.67. The molecular weight excluding hydrogens is 490 g/mol. The number of nitriles is 1. The zero-order valence-electron chi connectivity index (χ0n) is 20.0. The molecule has 4 rings (SSSR count). The molecule has 0 radical (unpaired) electrons. The number of aromatic nitrogens is 1. The number of carbonyl (C=O) groups is 1. The fourth-order valence-corrected chi connectivity index (χ4v) is 5.11. The molecule has 0 aliphatic heterocycles. The van der Waals surface area contributed by atoms with Gasteiger partial charge >= 0.3 is 0 Å². The Bertz CT molecular complexity index is 1640. The first kappa shape index (κ1) is 25.5. The van der Waals surface area contributed by atoms with E-state index in [4.69, 9.17) is 10.1 Å². The van der Waals surface area contributed by atoms with Crippen molar-refractivity contribution in [2.24, 2.45) is 0 Å². The fourth-order valence-electron chi connectivity index (χ4n) is 4.04. The zero-order valence-corrected chi connectivity index (χ0v) is 20.8. The minimum atomic E-state index is -3.86. The van der Waals surface area contributed by atoms with Crippen molar-refractivity contribution in [3.05, 3.63) is 95.2 Å². The van der Waals surface area contributed by atoms with E-state index in [1.54, 1.807) is 73.5 Å². The van der Waals surface area contributed by atoms with Gasteiger partial charge in [0.2, 0.25) is 0 Å². The quantitative estimate of drug-likeness (QED) is 0.248. The molecule has 0 atom stereocenters. The van der Waals surface area contributed by atoms with Crippen LogP contribution in [0.5, 0.6) is 0 Å². The highest BCUT2D eigenvalue weighted by atomic mass is 32.2. The van der Waals surface area contributed by atoms with Crippen LogP contribution in [-0.2, 0) is 21.2 Å². The maximum atomic E-state index is 13.5. The van der Waals surface area contributed by atoms with E-state index in [-0.39, 0.29) is 40.7 Å². The SMILES string of the molecule is CCOn1c(C=C=O)c(C(=O)CCc2ccc(C#N)cc2)c2cc(NS(=O)(=O)c3ccccc3)ccc21. The normalized spacial score (nSPS) is 10.9. The first-order valence-corrected chi connectivity index (χ1v) is 13.0. The Morgan fingerprint density at radius 3 is 2.46 bits per heavy atom. The van der Waals surface area contributed by atoms with Crippen molar-refractivity contribution in [1.82, 2.24) is 4.73 Å². The molecule has 0 aliphatic carbocycles. The minimum Gasteiger partial charge on any atom is -0.414 e. The van der Waals surface area contributed by atoms with E-state index >= 15 is 0 Å². The van der Waals surface area contributed by atoms with E-state index in [0.29, 0.717) is 22.9 Å². The second kappa shape index (κ2) is 11.0. The Hall–Kier alpha value is -4.64. The number of fused-ring (bicyclic) bond motifs is 1. The molecule has 1 aromatic heterocycles. The average molecular weight is 514 g/mol. The molecular formula is C28H23N3O5S. The molecule has 0 aliphatic rings. The molecule has 3 aromatic carbocycles. The lowest BCUT2D eigenvalue weighted by atomic mass is 9.99. The number of aryl methyl sites for hydroxylation is 1. The van der Waals surface area contributed by atoms with E-state index in [0.717, 1.165) is 11.6 Å². The number of hydrogen-bond acceptors (Lipinski definition) is 6. The maximum absolute atomic E-state index is 13.5. The molecule has 0 spiro atoms. The number of nitrogens with one attached hydrogen (secondary N) is 1. The van der Waals surface area contributed by atoms with Gasteiger partial charge in [0.25, 0.3) is 10.0 Å². The monoisotopic (exact) mass is 513 g/mol. The Morgan fingerprint density at radius 1 is 1.08 bits per heavy atom. The summed E-state index contributed by atoms with van der Waals surface area (Å²) in [5.74, 6) is 1.48. The van der Waals surface area contributed by atoms with Gasteiger partial charge < -0.3 is 4.84 Å². The lowest BCUT2D eigenvalue weighted by molar-refractivity contribution is 0.0977. The maximum Gasteiger partial charge on any atom is 0.261 e. The fraction of sp³-hybridized carbons (Fsp3) is 0.143. The van der Waals surface area contributed by atoms with Gasteiger partial charge in [-0.15, -0.1) is 0 Å². The number of Topliss-reactive ketones (excluding diaryl/α,β-unsaturated/α-hetero) is 1. The lowest BCUT2D eigenvalue weighted by Gasteiger charge is -2.10. The van der Waals surface area contributed by atoms with Crippen LogP contribution in [0.4, 0.5) is 5.69 Å². The van der Waals surface area contributed by atoms with Crippen molar-refractivity contribution in [1.29, 1.82) is 5.26 Å². The molecule has 0 fully saturated rings. The van der Waals surface area contributed by atoms with Gasteiger partial charge in [-0.2, -0.15) is 9.99 Å². The highest BCUT2D eigenvalue weighted by Crippen LogP contribution is 2.31. The summed E-state index contributed by atoms with van der Waals surface area (Å²) in [4.78, 5) is 30.7. The van der Waals surface area contributed by atoms with Gasteiger partial charge in [-0.3, -0.25) is 9.52 Å². The van der Waals surface area contributed by atoms with E-state index in [2.05, 4.69) is 10.8 Å². The third-order valence-electron chi connectivity index (χ3n) is 5.72. The molecule has 4 aromatic rings. The molecule has 0 unspecified atom stereocenters. The van der Waals surface area contributed by atoms with Crippen LogP contribution in [0.1, 0.15) is 40.5 Å². The van der Waals surface area contributed by atoms with E-state index in [9.17, 15) is 18.0 Å². The molecule has 0 saturated heterocycles. The van der Waals surface area contributed by atoms with E-state index < -0.39 is 10.0 Å². The summed E-state index contributed by atoms with van der Waals surface area (Å²) in [6.45, 7) is 2.04. The lowest BCUT2D eigenvalue weighted by Crippen LogP contribution is -2.13. The van der Waals surface area contributed by atoms with Crippen LogP contribution in [0.25, 0.3) is 17.0 Å². The van der Waals surface area contributed by atoms with E-state index in [1.165, 1.54) is 16.9 Å². The zero-order chi connectivity index (χ0) is 26.4. The minimum absolute atomic E-state index is 0.102. The Kier molecular flexibility index (Phi) is 7.54. The number of sulfonamides is 1. The third-order valence-corrected chi connectivity index (χ3v) is 7.12. The number of nitrogens with zero attached hydrogens (tertiary/aromatic N) is 2. The summed E-state index contributed by atoms with van der Waals surface area (Å²) in [7, 11) is -3.86. The summed E-state index contributed by atoms with van der Waals surface area (Å²) in [6, 6.07) is 21.7. The number of carbonyl (C=O) groups excluding carboxylic acids is 2. The van der Waals surface area contributed by atoms with Crippen molar-refractivity contribution < 1.29 is 22.8 Å². The average Bonchev–Trinajstić information content (AvgIpc) is 3.20. The van der Waals surface area contributed by atoms with Crippen LogP contribution < -0.4 is 9.56 Å². The van der Waals surface area contributed by atoms with Crippen molar-refractivity contribution in [3.63, 3.8) is 0 Å². The highest BCUT2D eigenvalue weighted by Gasteiger charge is 2.24. The Labute approximate surface area is 214 Å². The van der Waals surface area contributed by atoms with Crippen LogP contribution in [0.2, 0.25) is 0 Å². The van der Waals surface area contributed by atoms with Crippen LogP contribution in [0, 0.1) is 11.3 Å². The molecule has 0 bridgehead atoms. The number of benzene rings is 3. The number of ketones is 1. The second-order valence-electron chi connectivity index (χ2n) is 8.12. The Balaban J connectivity index is 1.75. The largest absolute Gasteiger partial charge is 0.414 e. The summed E-state index contributed by atoms with van der Waals surface area (Å²) in [5, 5.41) is 9.42. The first-order valence-electron chi connectivity index (χ1n) is 11.5. The Morgan fingerprint density at radius 2 is 1.81 bits per heavy atom. The number of hydrogen-bond donors (Lipinski definition) is 1. The third kappa shape index (κ3) is 5.46. The molecule has 0 saturated carbocycles. The summed E-state index contributed by atoms with van der Waals surface area (Å²) in [5.41, 5.74) is 2.64. The first-order chi connectivity index (χ1) is 17.9. The molecule has 0 amide bonds. The van der Waals surface area contributed by atoms with Gasteiger partial charge in [0.1, 0.15) is 18.2 Å². The second-order valence-corrected chi connectivity index (χ2v) is 9.80. The molecule has 9 heteroatoms. The van der Waals surface area contributed by atoms with Gasteiger partial charge in [-0.1, -0.05) is 30.3 Å². The molecule has 1 heterocycles. The predicted octanol–water partition coefficient (Wildman–Crippen LogP) is 4.42. The molecule has 8 nitrogen and oxygen atoms in total. The molecule has 1 N–H and O–H groups in total. The van der Waals surface area contributed by atoms with Crippen molar-refractivity contribution in [2.75, 3.05) is 11.3 Å². The van der Waals surface area contributed by atoms with Crippen molar-refractivity contribution in [3.8, 4) is 6.07 Å². The smallest absolute Gasteiger partial charge is 0.261 e. The number of anilines is 1. The molecule has 37 heavy (non-hydrogen) atoms. The topological polar surface area (TPSA) is 118 Å². The van der Waals surface area contributed by atoms with E-state index in [1.807, 2.05) is 0 Å². The summed E-state index contributed by atoms with van der Waals surface area (Å²) < 4.78 is 29.7. The van der Waals surface area contributed by atoms with Gasteiger partial charge in [0.05, 0.1) is 33.7 Å². The summed E-state index contributed by atoms with van der Waals surface area (Å²) >= 11 is 0.